The number of tetrazole rings is 1. The van der Waals surface area contributed by atoms with E-state index in [1.165, 1.54) is 38.5 Å². The zero-order valence-corrected chi connectivity index (χ0v) is 22.5. The third kappa shape index (κ3) is 6.64. The van der Waals surface area contributed by atoms with E-state index >= 15 is 0 Å². The van der Waals surface area contributed by atoms with Gasteiger partial charge in [0.15, 0.2) is 5.96 Å². The normalized spacial score (nSPS) is 17.8. The van der Waals surface area contributed by atoms with Crippen LogP contribution in [0.4, 0.5) is 11.4 Å². The number of aliphatic imine (C=N–C) groups is 1. The average molecular weight is 527 g/mol. The molecule has 2 heterocycles. The van der Waals surface area contributed by atoms with Crippen LogP contribution in [0.25, 0.3) is 11.4 Å². The van der Waals surface area contributed by atoms with Gasteiger partial charge < -0.3 is 16.0 Å². The highest BCUT2D eigenvalue weighted by Gasteiger charge is 2.27. The van der Waals surface area contributed by atoms with Crippen molar-refractivity contribution < 1.29 is 4.79 Å². The third-order valence-electron chi connectivity index (χ3n) is 8.02. The van der Waals surface area contributed by atoms with E-state index < -0.39 is 0 Å². The average Bonchev–Trinajstić information content (AvgIpc) is 3.72. The van der Waals surface area contributed by atoms with Gasteiger partial charge in [0.1, 0.15) is 0 Å². The van der Waals surface area contributed by atoms with Gasteiger partial charge in [-0.15, -0.1) is 10.2 Å². The minimum atomic E-state index is -0.227. The van der Waals surface area contributed by atoms with Gasteiger partial charge in [-0.1, -0.05) is 44.2 Å². The van der Waals surface area contributed by atoms with Crippen molar-refractivity contribution in [2.75, 3.05) is 18.4 Å². The summed E-state index contributed by atoms with van der Waals surface area (Å²) in [6, 6.07) is 14.0. The summed E-state index contributed by atoms with van der Waals surface area (Å²) in [6.45, 7) is 2.48. The number of nitrogens with zero attached hydrogens (tertiary/aromatic N) is 5. The van der Waals surface area contributed by atoms with Crippen LogP contribution in [0.1, 0.15) is 86.0 Å². The van der Waals surface area contributed by atoms with Gasteiger partial charge in [0.05, 0.1) is 6.54 Å². The first-order valence-electron chi connectivity index (χ1n) is 14.6. The van der Waals surface area contributed by atoms with Crippen LogP contribution in [0, 0.1) is 5.92 Å². The Kier molecular flexibility index (Phi) is 7.83. The van der Waals surface area contributed by atoms with Crippen molar-refractivity contribution in [3.05, 3.63) is 53.6 Å². The van der Waals surface area contributed by atoms with E-state index in [4.69, 9.17) is 0 Å². The quantitative estimate of drug-likeness (QED) is 0.342. The predicted molar refractivity (Wildman–Crippen MR) is 153 cm³/mol. The molecule has 2 aromatic carbocycles. The second-order valence-electron chi connectivity index (χ2n) is 11.1. The fourth-order valence-electron chi connectivity index (χ4n) is 5.69. The van der Waals surface area contributed by atoms with E-state index in [1.54, 1.807) is 4.80 Å². The van der Waals surface area contributed by atoms with Gasteiger partial charge >= 0.3 is 0 Å². The van der Waals surface area contributed by atoms with Gasteiger partial charge in [0.25, 0.3) is 5.91 Å². The topological polar surface area (TPSA) is 109 Å². The summed E-state index contributed by atoms with van der Waals surface area (Å²) in [7, 11) is 0. The number of rotatable bonds is 9. The molecule has 204 valence electrons. The predicted octanol–water partition coefficient (Wildman–Crippen LogP) is 5.40. The number of hydrogen-bond donors (Lipinski definition) is 3. The number of carbonyl (C=O) groups is 1. The van der Waals surface area contributed by atoms with Crippen LogP contribution in [-0.2, 0) is 6.54 Å². The molecule has 3 fully saturated rings. The molecule has 1 amide bonds. The van der Waals surface area contributed by atoms with Crippen molar-refractivity contribution in [2.24, 2.45) is 10.9 Å². The molecule has 39 heavy (non-hydrogen) atoms. The third-order valence-corrected chi connectivity index (χ3v) is 8.02. The van der Waals surface area contributed by atoms with Gasteiger partial charge in [-0.05, 0) is 85.0 Å². The summed E-state index contributed by atoms with van der Waals surface area (Å²) in [6.07, 6.45) is 12.6. The number of amides is 1. The molecule has 9 heteroatoms. The summed E-state index contributed by atoms with van der Waals surface area (Å²) >= 11 is 0. The zero-order chi connectivity index (χ0) is 26.4. The van der Waals surface area contributed by atoms with Crippen molar-refractivity contribution in [1.82, 2.24) is 30.8 Å². The highest BCUT2D eigenvalue weighted by Crippen LogP contribution is 2.44. The van der Waals surface area contributed by atoms with Crippen LogP contribution in [0.15, 0.2) is 47.5 Å². The van der Waals surface area contributed by atoms with E-state index in [-0.39, 0.29) is 5.91 Å². The number of hydrogen-bond acceptors (Lipinski definition) is 5. The SMILES string of the molecule is O=C(N=C1NCCCN1)c1ccc(Nc2cccc(-c3nnn(CCCC4CCCCC4)n3)c2)c(C2CC2)c1. The molecular weight excluding hydrogens is 488 g/mol. The second-order valence-corrected chi connectivity index (χ2v) is 11.1. The van der Waals surface area contributed by atoms with E-state index in [9.17, 15) is 4.79 Å². The number of nitrogens with one attached hydrogen (secondary N) is 3. The van der Waals surface area contributed by atoms with Crippen LogP contribution in [0.2, 0.25) is 0 Å². The lowest BCUT2D eigenvalue weighted by Gasteiger charge is -2.20. The molecule has 0 unspecified atom stereocenters. The summed E-state index contributed by atoms with van der Waals surface area (Å²) < 4.78 is 0. The van der Waals surface area contributed by atoms with Crippen molar-refractivity contribution >= 4 is 23.2 Å². The maximum Gasteiger partial charge on any atom is 0.280 e. The molecular formula is C30H38N8O. The van der Waals surface area contributed by atoms with Crippen molar-refractivity contribution in [3.8, 4) is 11.4 Å². The molecule has 2 aliphatic carbocycles. The Balaban J connectivity index is 1.12. The van der Waals surface area contributed by atoms with Crippen LogP contribution in [0.5, 0.6) is 0 Å². The second kappa shape index (κ2) is 12.0. The maximum absolute atomic E-state index is 12.8. The first kappa shape index (κ1) is 25.5. The first-order valence-corrected chi connectivity index (χ1v) is 14.6. The maximum atomic E-state index is 12.8. The van der Waals surface area contributed by atoms with Crippen molar-refractivity contribution in [1.29, 1.82) is 0 Å². The highest BCUT2D eigenvalue weighted by atomic mass is 16.1. The number of carbonyl (C=O) groups excluding carboxylic acids is 1. The van der Waals surface area contributed by atoms with Gasteiger partial charge in [-0.3, -0.25) is 4.79 Å². The molecule has 0 atom stereocenters. The molecule has 3 N–H and O–H groups in total. The molecule has 9 nitrogen and oxygen atoms in total. The van der Waals surface area contributed by atoms with Crippen LogP contribution < -0.4 is 16.0 Å². The zero-order valence-electron chi connectivity index (χ0n) is 22.5. The summed E-state index contributed by atoms with van der Waals surface area (Å²) in [5.74, 6) is 2.32. The number of guanidine groups is 1. The van der Waals surface area contributed by atoms with E-state index in [0.717, 1.165) is 73.7 Å². The van der Waals surface area contributed by atoms with Gasteiger partial charge in [-0.2, -0.15) is 9.79 Å². The van der Waals surface area contributed by atoms with Crippen molar-refractivity contribution in [3.63, 3.8) is 0 Å². The number of aromatic nitrogens is 4. The van der Waals surface area contributed by atoms with E-state index in [0.29, 0.717) is 23.3 Å². The molecule has 3 aromatic rings. The van der Waals surface area contributed by atoms with E-state index in [2.05, 4.69) is 42.4 Å². The lowest BCUT2D eigenvalue weighted by molar-refractivity contribution is 0.100. The minimum absolute atomic E-state index is 0.227. The number of benzene rings is 2. The molecule has 1 aromatic heterocycles. The molecule has 0 spiro atoms. The van der Waals surface area contributed by atoms with Crippen LogP contribution >= 0.6 is 0 Å². The summed E-state index contributed by atoms with van der Waals surface area (Å²) in [4.78, 5) is 18.8. The molecule has 2 saturated carbocycles. The molecule has 6 rings (SSSR count). The molecule has 1 saturated heterocycles. The standard InChI is InChI=1S/C30H38N8O/c39-29(34-30-31-16-6-17-32-30)24-14-15-27(26(20-24)22-12-13-22)33-25-11-4-10-23(19-25)28-35-37-38(36-28)18-5-9-21-7-2-1-3-8-21/h4,10-11,14-15,19-22,33H,1-3,5-9,12-13,16-18H2,(H2,31,32,34,39). The number of anilines is 2. The Morgan fingerprint density at radius 1 is 1.00 bits per heavy atom. The minimum Gasteiger partial charge on any atom is -0.356 e. The Morgan fingerprint density at radius 3 is 2.67 bits per heavy atom. The molecule has 1 aliphatic heterocycles. The van der Waals surface area contributed by atoms with Crippen LogP contribution in [-0.4, -0.2) is 45.2 Å². The lowest BCUT2D eigenvalue weighted by Crippen LogP contribution is -2.44. The van der Waals surface area contributed by atoms with Crippen LogP contribution in [0.3, 0.4) is 0 Å². The number of aryl methyl sites for hydroxylation is 1. The first-order chi connectivity index (χ1) is 19.2. The highest BCUT2D eigenvalue weighted by molar-refractivity contribution is 6.03. The largest absolute Gasteiger partial charge is 0.356 e. The fraction of sp³-hybridized carbons (Fsp3) is 0.500. The smallest absolute Gasteiger partial charge is 0.280 e. The summed E-state index contributed by atoms with van der Waals surface area (Å²) in [5.41, 5.74) is 4.69. The van der Waals surface area contributed by atoms with Gasteiger partial charge in [0, 0.05) is 35.6 Å². The fourth-order valence-corrected chi connectivity index (χ4v) is 5.69. The van der Waals surface area contributed by atoms with Gasteiger partial charge in [0.2, 0.25) is 5.82 Å². The lowest BCUT2D eigenvalue weighted by atomic mass is 9.86. The Morgan fingerprint density at radius 2 is 1.85 bits per heavy atom. The summed E-state index contributed by atoms with van der Waals surface area (Å²) in [5, 5.41) is 23.2. The monoisotopic (exact) mass is 526 g/mol. The Hall–Kier alpha value is -3.75. The van der Waals surface area contributed by atoms with E-state index in [1.807, 2.05) is 36.4 Å². The Bertz CT molecular complexity index is 1310. The van der Waals surface area contributed by atoms with Gasteiger partial charge in [-0.25, -0.2) is 0 Å². The molecule has 3 aliphatic rings. The van der Waals surface area contributed by atoms with Crippen molar-refractivity contribution in [2.45, 2.75) is 76.7 Å². The Labute approximate surface area is 229 Å². The molecule has 0 radical (unpaired) electrons. The molecule has 0 bridgehead atoms.